The summed E-state index contributed by atoms with van der Waals surface area (Å²) in [4.78, 5) is 0. The molecule has 0 atom stereocenters. The molecule has 1 heterocycles. The second kappa shape index (κ2) is 2.17. The maximum atomic E-state index is 8.46. The van der Waals surface area contributed by atoms with Crippen LogP contribution in [0.25, 0.3) is 0 Å². The number of rotatable bonds is 1. The van der Waals surface area contributed by atoms with Gasteiger partial charge in [0.1, 0.15) is 0 Å². The minimum absolute atomic E-state index is 0.498. The molecule has 0 aliphatic carbocycles. The third-order valence-corrected chi connectivity index (χ3v) is 0.984. The maximum absolute atomic E-state index is 8.46. The molecule has 0 bridgehead atoms. The van der Waals surface area contributed by atoms with Gasteiger partial charge < -0.3 is 15.5 Å². The number of nitrogens with one attached hydrogen (secondary N) is 2. The Bertz CT molecular complexity index is 114. The van der Waals surface area contributed by atoms with E-state index >= 15 is 0 Å². The van der Waals surface area contributed by atoms with E-state index in [0.29, 0.717) is 12.0 Å². The summed E-state index contributed by atoms with van der Waals surface area (Å²) in [5.74, 6) is 0. The van der Waals surface area contributed by atoms with Crippen LogP contribution in [0.4, 0.5) is 0 Å². The van der Waals surface area contributed by atoms with Crippen molar-refractivity contribution in [1.29, 1.82) is 0 Å². The van der Waals surface area contributed by atoms with Gasteiger partial charge in [0, 0.05) is 12.7 Å². The summed E-state index contributed by atoms with van der Waals surface area (Å²) in [6.07, 6.45) is 1.53. The minimum Gasteiger partial charge on any atom is -0.423 e. The zero-order valence-corrected chi connectivity index (χ0v) is 4.26. The highest BCUT2D eigenvalue weighted by Crippen LogP contribution is 1.94. The number of hydrogen-bond donors (Lipinski definition) is 4. The van der Waals surface area contributed by atoms with Crippen LogP contribution in [0.1, 0.15) is 0 Å². The van der Waals surface area contributed by atoms with Gasteiger partial charge in [0.15, 0.2) is 0 Å². The number of hydrogen-bond acceptors (Lipinski definition) is 4. The molecular formula is C3H7BN2O2. The topological polar surface area (TPSA) is 64.5 Å². The average Bonchev–Trinajstić information content (AvgIpc) is 2.12. The molecule has 0 aromatic carbocycles. The Morgan fingerprint density at radius 1 is 1.62 bits per heavy atom. The first-order valence-corrected chi connectivity index (χ1v) is 2.34. The van der Waals surface area contributed by atoms with Gasteiger partial charge in [-0.2, -0.15) is 0 Å². The zero-order valence-electron chi connectivity index (χ0n) is 4.26. The van der Waals surface area contributed by atoms with Crippen molar-refractivity contribution >= 4 is 7.12 Å². The molecule has 0 radical (unpaired) electrons. The lowest BCUT2D eigenvalue weighted by atomic mass is 9.81. The second-order valence-corrected chi connectivity index (χ2v) is 1.59. The van der Waals surface area contributed by atoms with Crippen LogP contribution in [0, 0.1) is 0 Å². The van der Waals surface area contributed by atoms with Crippen molar-refractivity contribution in [3.63, 3.8) is 0 Å². The third-order valence-electron chi connectivity index (χ3n) is 0.984. The van der Waals surface area contributed by atoms with Crippen LogP contribution in [0.5, 0.6) is 0 Å². The molecule has 1 rings (SSSR count). The predicted octanol–water partition coefficient (Wildman–Crippen LogP) is -2.01. The summed E-state index contributed by atoms with van der Waals surface area (Å²) in [6.45, 7) is 0.498. The largest absolute Gasteiger partial charge is 0.487 e. The predicted molar refractivity (Wildman–Crippen MR) is 29.4 cm³/mol. The Kier molecular flexibility index (Phi) is 1.52. The smallest absolute Gasteiger partial charge is 0.423 e. The lowest BCUT2D eigenvalue weighted by Gasteiger charge is -1.93. The molecule has 1 aliphatic heterocycles. The first-order chi connectivity index (χ1) is 3.80. The standard InChI is InChI=1S/C3H7BN2O2/c7-4(8)3-1-5-6-2-3/h1,5-8H,2H2. The molecule has 0 saturated carbocycles. The molecule has 0 aromatic heterocycles. The van der Waals surface area contributed by atoms with Crippen LogP contribution in [-0.2, 0) is 0 Å². The van der Waals surface area contributed by atoms with Gasteiger partial charge in [0.2, 0.25) is 0 Å². The highest BCUT2D eigenvalue weighted by Gasteiger charge is 2.16. The Balaban J connectivity index is 2.45. The molecule has 4 nitrogen and oxygen atoms in total. The summed E-state index contributed by atoms with van der Waals surface area (Å²) >= 11 is 0. The minimum atomic E-state index is -1.32. The van der Waals surface area contributed by atoms with Gasteiger partial charge in [0.25, 0.3) is 0 Å². The molecule has 0 aromatic rings. The van der Waals surface area contributed by atoms with Crippen LogP contribution in [-0.4, -0.2) is 23.7 Å². The fraction of sp³-hybridized carbons (Fsp3) is 0.333. The van der Waals surface area contributed by atoms with Gasteiger partial charge in [-0.25, -0.2) is 5.43 Å². The SMILES string of the molecule is OB(O)C1=CNNC1. The fourth-order valence-corrected chi connectivity index (χ4v) is 0.514. The Labute approximate surface area is 47.3 Å². The van der Waals surface area contributed by atoms with Crippen LogP contribution < -0.4 is 10.9 Å². The Morgan fingerprint density at radius 3 is 2.62 bits per heavy atom. The van der Waals surface area contributed by atoms with E-state index in [4.69, 9.17) is 10.0 Å². The van der Waals surface area contributed by atoms with E-state index in [1.54, 1.807) is 0 Å². The molecule has 0 amide bonds. The van der Waals surface area contributed by atoms with Crippen molar-refractivity contribution in [2.45, 2.75) is 0 Å². The third kappa shape index (κ3) is 1.00. The lowest BCUT2D eigenvalue weighted by Crippen LogP contribution is -2.23. The van der Waals surface area contributed by atoms with Crippen molar-refractivity contribution in [3.05, 3.63) is 11.7 Å². The van der Waals surface area contributed by atoms with Gasteiger partial charge in [-0.1, -0.05) is 0 Å². The molecule has 44 valence electrons. The molecule has 8 heavy (non-hydrogen) atoms. The zero-order chi connectivity index (χ0) is 5.98. The van der Waals surface area contributed by atoms with E-state index < -0.39 is 7.12 Å². The second-order valence-electron chi connectivity index (χ2n) is 1.59. The molecule has 1 aliphatic rings. The summed E-state index contributed by atoms with van der Waals surface area (Å²) in [5, 5.41) is 16.9. The molecule has 0 unspecified atom stereocenters. The van der Waals surface area contributed by atoms with Crippen LogP contribution in [0.3, 0.4) is 0 Å². The van der Waals surface area contributed by atoms with E-state index in [1.807, 2.05) is 0 Å². The van der Waals surface area contributed by atoms with E-state index in [2.05, 4.69) is 10.9 Å². The molecule has 0 saturated heterocycles. The summed E-state index contributed by atoms with van der Waals surface area (Å²) in [7, 11) is -1.32. The van der Waals surface area contributed by atoms with Crippen molar-refractivity contribution in [2.24, 2.45) is 0 Å². The average molecular weight is 114 g/mol. The molecule has 5 heteroatoms. The normalized spacial score (nSPS) is 17.5. The monoisotopic (exact) mass is 114 g/mol. The van der Waals surface area contributed by atoms with Gasteiger partial charge >= 0.3 is 7.12 Å². The van der Waals surface area contributed by atoms with Gasteiger partial charge in [0.05, 0.1) is 0 Å². The van der Waals surface area contributed by atoms with Crippen LogP contribution in [0.15, 0.2) is 11.7 Å². The molecule has 0 spiro atoms. The maximum Gasteiger partial charge on any atom is 0.487 e. The quantitative estimate of drug-likeness (QED) is 0.297. The van der Waals surface area contributed by atoms with Crippen molar-refractivity contribution < 1.29 is 10.0 Å². The van der Waals surface area contributed by atoms with Crippen molar-refractivity contribution in [1.82, 2.24) is 10.9 Å². The van der Waals surface area contributed by atoms with Crippen LogP contribution in [0.2, 0.25) is 0 Å². The van der Waals surface area contributed by atoms with E-state index in [0.717, 1.165) is 0 Å². The first kappa shape index (κ1) is 5.62. The van der Waals surface area contributed by atoms with Gasteiger partial charge in [-0.3, -0.25) is 0 Å². The highest BCUT2D eigenvalue weighted by atomic mass is 16.4. The summed E-state index contributed by atoms with van der Waals surface area (Å²) < 4.78 is 0. The van der Waals surface area contributed by atoms with Crippen molar-refractivity contribution in [3.8, 4) is 0 Å². The Hall–Kier alpha value is -0.515. The van der Waals surface area contributed by atoms with Gasteiger partial charge in [-0.15, -0.1) is 0 Å². The Morgan fingerprint density at radius 2 is 2.38 bits per heavy atom. The summed E-state index contributed by atoms with van der Waals surface area (Å²) in [5.41, 5.74) is 5.87. The summed E-state index contributed by atoms with van der Waals surface area (Å²) in [6, 6.07) is 0. The van der Waals surface area contributed by atoms with E-state index in [9.17, 15) is 0 Å². The van der Waals surface area contributed by atoms with Crippen LogP contribution >= 0.6 is 0 Å². The van der Waals surface area contributed by atoms with E-state index in [-0.39, 0.29) is 0 Å². The molecular weight excluding hydrogens is 107 g/mol. The number of hydrazine groups is 1. The highest BCUT2D eigenvalue weighted by molar-refractivity contribution is 6.50. The fourth-order valence-electron chi connectivity index (χ4n) is 0.514. The molecule has 4 N–H and O–H groups in total. The van der Waals surface area contributed by atoms with Crippen molar-refractivity contribution in [2.75, 3.05) is 6.54 Å². The lowest BCUT2D eigenvalue weighted by molar-refractivity contribution is 0.418. The molecule has 0 fully saturated rings. The van der Waals surface area contributed by atoms with Gasteiger partial charge in [-0.05, 0) is 5.47 Å². The first-order valence-electron chi connectivity index (χ1n) is 2.34. The van der Waals surface area contributed by atoms with E-state index in [1.165, 1.54) is 6.20 Å².